The molecule has 35 heavy (non-hydrogen) atoms. The van der Waals surface area contributed by atoms with Crippen molar-refractivity contribution in [3.63, 3.8) is 0 Å². The van der Waals surface area contributed by atoms with Crippen LogP contribution >= 0.6 is 11.6 Å². The summed E-state index contributed by atoms with van der Waals surface area (Å²) in [4.78, 5) is 16.3. The molecule has 0 saturated heterocycles. The van der Waals surface area contributed by atoms with Crippen LogP contribution in [0.3, 0.4) is 0 Å². The zero-order valence-electron chi connectivity index (χ0n) is 19.3. The number of halogens is 1. The van der Waals surface area contributed by atoms with Gasteiger partial charge in [0, 0.05) is 17.5 Å². The lowest BCUT2D eigenvalue weighted by Crippen LogP contribution is -2.14. The second-order valence-electron chi connectivity index (χ2n) is 7.78. The number of carboxylic acid groups (broad SMARTS) is 1. The van der Waals surface area contributed by atoms with Crippen LogP contribution in [-0.4, -0.2) is 36.9 Å². The van der Waals surface area contributed by atoms with Crippen molar-refractivity contribution >= 4 is 40.6 Å². The first-order valence-corrected chi connectivity index (χ1v) is 11.3. The van der Waals surface area contributed by atoms with E-state index < -0.39 is 12.1 Å². The molecule has 3 aromatic carbocycles. The SMILES string of the molecule is COc1ccc(OCC(OC)c2cccc(/C=C/c3ccc4ccc(Cl)cc4n3)c2)c(C(=O)O)c1. The number of hydrogen-bond acceptors (Lipinski definition) is 5. The number of rotatable bonds is 9. The van der Waals surface area contributed by atoms with Crippen LogP contribution < -0.4 is 9.47 Å². The van der Waals surface area contributed by atoms with E-state index in [-0.39, 0.29) is 17.9 Å². The average Bonchev–Trinajstić information content (AvgIpc) is 2.87. The van der Waals surface area contributed by atoms with Crippen LogP contribution in [0.5, 0.6) is 11.5 Å². The fourth-order valence-corrected chi connectivity index (χ4v) is 3.80. The molecular formula is C28H24ClNO5. The molecule has 6 nitrogen and oxygen atoms in total. The second kappa shape index (κ2) is 11.0. The van der Waals surface area contributed by atoms with E-state index in [1.165, 1.54) is 13.2 Å². The van der Waals surface area contributed by atoms with Gasteiger partial charge in [0.1, 0.15) is 29.8 Å². The van der Waals surface area contributed by atoms with Gasteiger partial charge >= 0.3 is 5.97 Å². The summed E-state index contributed by atoms with van der Waals surface area (Å²) < 4.78 is 16.6. The molecule has 0 spiro atoms. The first-order chi connectivity index (χ1) is 17.0. The summed E-state index contributed by atoms with van der Waals surface area (Å²) in [6.07, 6.45) is 3.52. The molecule has 0 saturated carbocycles. The van der Waals surface area contributed by atoms with E-state index in [2.05, 4.69) is 4.98 Å². The van der Waals surface area contributed by atoms with E-state index >= 15 is 0 Å². The van der Waals surface area contributed by atoms with Crippen LogP contribution in [-0.2, 0) is 4.74 Å². The van der Waals surface area contributed by atoms with Crippen LogP contribution in [0, 0.1) is 0 Å². The number of nitrogens with zero attached hydrogens (tertiary/aromatic N) is 1. The number of ether oxygens (including phenoxy) is 3. The summed E-state index contributed by atoms with van der Waals surface area (Å²) in [5.41, 5.74) is 3.55. The molecule has 1 heterocycles. The van der Waals surface area contributed by atoms with Gasteiger partial charge in [0.15, 0.2) is 0 Å². The molecule has 0 aliphatic heterocycles. The number of pyridine rings is 1. The van der Waals surface area contributed by atoms with Gasteiger partial charge in [0.2, 0.25) is 0 Å². The number of fused-ring (bicyclic) bond motifs is 1. The van der Waals surface area contributed by atoms with Gasteiger partial charge < -0.3 is 19.3 Å². The number of hydrogen-bond donors (Lipinski definition) is 1. The Labute approximate surface area is 208 Å². The van der Waals surface area contributed by atoms with E-state index in [1.54, 1.807) is 19.2 Å². The number of benzene rings is 3. The molecule has 1 unspecified atom stereocenters. The molecule has 0 fully saturated rings. The van der Waals surface area contributed by atoms with E-state index in [9.17, 15) is 9.90 Å². The Morgan fingerprint density at radius 2 is 1.86 bits per heavy atom. The first kappa shape index (κ1) is 24.3. The van der Waals surface area contributed by atoms with E-state index in [4.69, 9.17) is 25.8 Å². The topological polar surface area (TPSA) is 77.9 Å². The van der Waals surface area contributed by atoms with Crippen LogP contribution in [0.15, 0.2) is 72.8 Å². The second-order valence-corrected chi connectivity index (χ2v) is 8.22. The largest absolute Gasteiger partial charge is 0.497 e. The normalized spacial score (nSPS) is 12.1. The summed E-state index contributed by atoms with van der Waals surface area (Å²) in [6, 6.07) is 22.1. The van der Waals surface area contributed by atoms with Gasteiger partial charge in [0.25, 0.3) is 0 Å². The molecule has 4 aromatic rings. The van der Waals surface area contributed by atoms with Gasteiger partial charge in [0.05, 0.1) is 18.3 Å². The van der Waals surface area contributed by atoms with Crippen LogP contribution in [0.2, 0.25) is 5.02 Å². The highest BCUT2D eigenvalue weighted by Crippen LogP contribution is 2.27. The lowest BCUT2D eigenvalue weighted by molar-refractivity contribution is 0.0553. The third kappa shape index (κ3) is 5.98. The molecule has 1 N–H and O–H groups in total. The van der Waals surface area contributed by atoms with Gasteiger partial charge in [-0.05, 0) is 59.7 Å². The van der Waals surface area contributed by atoms with Gasteiger partial charge in [-0.15, -0.1) is 0 Å². The number of methoxy groups -OCH3 is 2. The van der Waals surface area contributed by atoms with Gasteiger partial charge in [-0.3, -0.25) is 0 Å². The third-order valence-corrected chi connectivity index (χ3v) is 5.73. The molecule has 178 valence electrons. The van der Waals surface area contributed by atoms with Crippen molar-refractivity contribution in [3.05, 3.63) is 100 Å². The molecule has 1 aromatic heterocycles. The molecule has 0 aliphatic rings. The van der Waals surface area contributed by atoms with Gasteiger partial charge in [-0.1, -0.05) is 48.0 Å². The number of carbonyl (C=O) groups is 1. The zero-order valence-corrected chi connectivity index (χ0v) is 20.0. The minimum atomic E-state index is -1.09. The molecule has 0 bridgehead atoms. The predicted octanol–water partition coefficient (Wildman–Crippen LogP) is 6.53. The number of aromatic carboxylic acids is 1. The van der Waals surface area contributed by atoms with E-state index in [0.29, 0.717) is 10.8 Å². The first-order valence-electron chi connectivity index (χ1n) is 10.9. The van der Waals surface area contributed by atoms with Crippen LogP contribution in [0.4, 0.5) is 0 Å². The number of carboxylic acids is 1. The molecule has 7 heteroatoms. The van der Waals surface area contributed by atoms with E-state index in [0.717, 1.165) is 27.7 Å². The van der Waals surface area contributed by atoms with Crippen molar-refractivity contribution in [2.75, 3.05) is 20.8 Å². The highest BCUT2D eigenvalue weighted by molar-refractivity contribution is 6.31. The minimum Gasteiger partial charge on any atom is -0.497 e. The highest BCUT2D eigenvalue weighted by atomic mass is 35.5. The Kier molecular flexibility index (Phi) is 7.65. The molecule has 0 aliphatic carbocycles. The van der Waals surface area contributed by atoms with Crippen LogP contribution in [0.25, 0.3) is 23.1 Å². The summed E-state index contributed by atoms with van der Waals surface area (Å²) >= 11 is 6.09. The maximum Gasteiger partial charge on any atom is 0.339 e. The molecule has 0 radical (unpaired) electrons. The molecular weight excluding hydrogens is 466 g/mol. The summed E-state index contributed by atoms with van der Waals surface area (Å²) in [6.45, 7) is 0.142. The van der Waals surface area contributed by atoms with Crippen molar-refractivity contribution in [3.8, 4) is 11.5 Å². The van der Waals surface area contributed by atoms with Crippen molar-refractivity contribution in [1.82, 2.24) is 4.98 Å². The monoisotopic (exact) mass is 489 g/mol. The lowest BCUT2D eigenvalue weighted by atomic mass is 10.1. The third-order valence-electron chi connectivity index (χ3n) is 5.50. The predicted molar refractivity (Wildman–Crippen MR) is 137 cm³/mol. The fourth-order valence-electron chi connectivity index (χ4n) is 3.64. The quantitative estimate of drug-likeness (QED) is 0.288. The lowest BCUT2D eigenvalue weighted by Gasteiger charge is -2.18. The highest BCUT2D eigenvalue weighted by Gasteiger charge is 2.17. The summed E-state index contributed by atoms with van der Waals surface area (Å²) in [5, 5.41) is 11.2. The Morgan fingerprint density at radius 3 is 2.63 bits per heavy atom. The fraction of sp³-hybridized carbons (Fsp3) is 0.143. The zero-order chi connectivity index (χ0) is 24.8. The Morgan fingerprint density at radius 1 is 1.03 bits per heavy atom. The van der Waals surface area contributed by atoms with Crippen molar-refractivity contribution in [2.45, 2.75) is 6.10 Å². The standard InChI is InChI=1S/C28H24ClNO5/c1-33-23-12-13-26(24(16-23)28(31)32)35-17-27(34-2)20-5-3-4-18(14-20)6-10-22-11-8-19-7-9-21(29)15-25(19)30-22/h3-16,27H,17H2,1-2H3,(H,31,32)/b10-6+. The molecule has 4 rings (SSSR count). The summed E-state index contributed by atoms with van der Waals surface area (Å²) in [7, 11) is 3.07. The average molecular weight is 490 g/mol. The molecule has 1 atom stereocenters. The Bertz CT molecular complexity index is 1390. The maximum atomic E-state index is 11.6. The van der Waals surface area contributed by atoms with Crippen molar-refractivity contribution < 1.29 is 24.1 Å². The van der Waals surface area contributed by atoms with Gasteiger partial charge in [-0.2, -0.15) is 0 Å². The smallest absolute Gasteiger partial charge is 0.339 e. The van der Waals surface area contributed by atoms with Gasteiger partial charge in [-0.25, -0.2) is 9.78 Å². The van der Waals surface area contributed by atoms with Crippen LogP contribution in [0.1, 0.15) is 33.3 Å². The summed E-state index contributed by atoms with van der Waals surface area (Å²) in [5.74, 6) is -0.398. The van der Waals surface area contributed by atoms with Crippen molar-refractivity contribution in [2.24, 2.45) is 0 Å². The Hall–Kier alpha value is -3.87. The number of aromatic nitrogens is 1. The van der Waals surface area contributed by atoms with Crippen molar-refractivity contribution in [1.29, 1.82) is 0 Å². The Balaban J connectivity index is 1.50. The van der Waals surface area contributed by atoms with E-state index in [1.807, 2.05) is 66.7 Å². The minimum absolute atomic E-state index is 0.0278. The molecule has 0 amide bonds. The maximum absolute atomic E-state index is 11.6.